The van der Waals surface area contributed by atoms with E-state index in [4.69, 9.17) is 0 Å². The second-order valence-electron chi connectivity index (χ2n) is 14.2. The number of thiophene rings is 2. The minimum Gasteiger partial charge on any atom is -0.310 e. The van der Waals surface area contributed by atoms with Crippen molar-refractivity contribution in [3.63, 3.8) is 0 Å². The van der Waals surface area contributed by atoms with Gasteiger partial charge in [-0.1, -0.05) is 121 Å². The van der Waals surface area contributed by atoms with Crippen molar-refractivity contribution in [3.05, 3.63) is 200 Å². The molecule has 2 aromatic heterocycles. The van der Waals surface area contributed by atoms with Gasteiger partial charge in [-0.15, -0.1) is 22.7 Å². The summed E-state index contributed by atoms with van der Waals surface area (Å²) in [6, 6.07) is 73.5. The van der Waals surface area contributed by atoms with Crippen LogP contribution in [0.2, 0.25) is 0 Å². The van der Waals surface area contributed by atoms with Crippen molar-refractivity contribution >= 4 is 90.9 Å². The van der Waals surface area contributed by atoms with Crippen LogP contribution in [-0.4, -0.2) is 0 Å². The molecule has 55 heavy (non-hydrogen) atoms. The molecule has 0 aliphatic heterocycles. The van der Waals surface area contributed by atoms with Gasteiger partial charge in [0.15, 0.2) is 0 Å². The molecular weight excluding hydrogens is 703 g/mol. The average molecular weight is 736 g/mol. The summed E-state index contributed by atoms with van der Waals surface area (Å²) in [5.41, 5.74) is 10.6. The van der Waals surface area contributed by atoms with Crippen LogP contribution in [-0.2, 0) is 0 Å². The lowest BCUT2D eigenvalue weighted by atomic mass is 9.99. The molecule has 0 atom stereocenters. The molecule has 0 aliphatic carbocycles. The van der Waals surface area contributed by atoms with E-state index in [1.54, 1.807) is 0 Å². The van der Waals surface area contributed by atoms with E-state index in [-0.39, 0.29) is 0 Å². The van der Waals surface area contributed by atoms with E-state index in [1.165, 1.54) is 84.5 Å². The summed E-state index contributed by atoms with van der Waals surface area (Å²) < 4.78 is 5.31. The minimum absolute atomic E-state index is 1.11. The lowest BCUT2D eigenvalue weighted by Crippen LogP contribution is -2.10. The van der Waals surface area contributed by atoms with Gasteiger partial charge in [-0.3, -0.25) is 0 Å². The smallest absolute Gasteiger partial charge is 0.0467 e. The van der Waals surface area contributed by atoms with Crippen molar-refractivity contribution in [1.29, 1.82) is 0 Å². The van der Waals surface area contributed by atoms with E-state index in [2.05, 4.69) is 205 Å². The molecule has 0 unspecified atom stereocenters. The Morgan fingerprint density at radius 2 is 0.709 bits per heavy atom. The van der Waals surface area contributed by atoms with Crippen molar-refractivity contribution in [2.24, 2.45) is 0 Å². The molecule has 3 heteroatoms. The van der Waals surface area contributed by atoms with E-state index >= 15 is 0 Å². The summed E-state index contributed by atoms with van der Waals surface area (Å²) in [4.78, 5) is 2.38. The van der Waals surface area contributed by atoms with E-state index < -0.39 is 0 Å². The molecule has 0 N–H and O–H groups in total. The first kappa shape index (κ1) is 32.0. The predicted molar refractivity (Wildman–Crippen MR) is 241 cm³/mol. The van der Waals surface area contributed by atoms with Gasteiger partial charge in [0.2, 0.25) is 0 Å². The molecule has 0 saturated carbocycles. The summed E-state index contributed by atoms with van der Waals surface area (Å²) in [5, 5.41) is 7.79. The van der Waals surface area contributed by atoms with Crippen molar-refractivity contribution in [1.82, 2.24) is 0 Å². The van der Waals surface area contributed by atoms with Crippen LogP contribution in [0, 0.1) is 0 Å². The maximum absolute atomic E-state index is 2.38. The number of anilines is 3. The molecule has 2 heterocycles. The fourth-order valence-corrected chi connectivity index (χ4v) is 10.2. The summed E-state index contributed by atoms with van der Waals surface area (Å²) >= 11 is 3.72. The van der Waals surface area contributed by atoms with Gasteiger partial charge in [-0.2, -0.15) is 0 Å². The van der Waals surface area contributed by atoms with Gasteiger partial charge in [0.1, 0.15) is 0 Å². The van der Waals surface area contributed by atoms with E-state index in [0.29, 0.717) is 0 Å². The third-order valence-electron chi connectivity index (χ3n) is 10.9. The summed E-state index contributed by atoms with van der Waals surface area (Å²) in [7, 11) is 0. The van der Waals surface area contributed by atoms with Gasteiger partial charge in [-0.25, -0.2) is 0 Å². The number of hydrogen-bond donors (Lipinski definition) is 0. The zero-order valence-corrected chi connectivity index (χ0v) is 31.4. The highest BCUT2D eigenvalue weighted by molar-refractivity contribution is 7.26. The Kier molecular flexibility index (Phi) is 7.61. The van der Waals surface area contributed by atoms with E-state index in [0.717, 1.165) is 17.1 Å². The predicted octanol–water partition coefficient (Wildman–Crippen LogP) is 16.0. The van der Waals surface area contributed by atoms with Crippen LogP contribution in [0.5, 0.6) is 0 Å². The largest absolute Gasteiger partial charge is 0.310 e. The summed E-state index contributed by atoms with van der Waals surface area (Å²) in [6.45, 7) is 0. The van der Waals surface area contributed by atoms with Gasteiger partial charge in [0, 0.05) is 57.4 Å². The van der Waals surface area contributed by atoms with Crippen molar-refractivity contribution in [2.45, 2.75) is 0 Å². The van der Waals surface area contributed by atoms with Gasteiger partial charge in [-0.05, 0) is 123 Å². The minimum atomic E-state index is 1.11. The van der Waals surface area contributed by atoms with E-state index in [1.807, 2.05) is 22.7 Å². The monoisotopic (exact) mass is 735 g/mol. The first-order valence-electron chi connectivity index (χ1n) is 18.6. The maximum Gasteiger partial charge on any atom is 0.0467 e. The molecule has 0 spiro atoms. The molecule has 0 saturated heterocycles. The van der Waals surface area contributed by atoms with Gasteiger partial charge in [0.25, 0.3) is 0 Å². The average Bonchev–Trinajstić information content (AvgIpc) is 3.82. The first-order chi connectivity index (χ1) is 27.2. The zero-order chi connectivity index (χ0) is 36.3. The topological polar surface area (TPSA) is 3.24 Å². The standard InChI is InChI=1S/C52H33NS2/c1-2-9-37-30-39(17-16-34(37)8-1)38-10-7-11-44(31-38)53(42-24-18-35(19-25-42)40-22-28-51-47(32-40)45-12-3-5-14-49(45)54-51)43-26-20-36(21-27-43)41-23-29-52-48(33-41)46-13-4-6-15-50(46)55-52/h1-33H. The Morgan fingerprint density at radius 3 is 1.31 bits per heavy atom. The van der Waals surface area contributed by atoms with E-state index in [9.17, 15) is 0 Å². The number of benzene rings is 9. The molecule has 0 radical (unpaired) electrons. The number of nitrogens with zero attached hydrogens (tertiary/aromatic N) is 1. The molecule has 1 nitrogen and oxygen atoms in total. The summed E-state index contributed by atoms with van der Waals surface area (Å²) in [5.74, 6) is 0. The van der Waals surface area contributed by atoms with Crippen molar-refractivity contribution in [3.8, 4) is 33.4 Å². The maximum atomic E-state index is 2.38. The lowest BCUT2D eigenvalue weighted by Gasteiger charge is -2.26. The molecule has 0 amide bonds. The highest BCUT2D eigenvalue weighted by atomic mass is 32.1. The van der Waals surface area contributed by atoms with Gasteiger partial charge < -0.3 is 4.90 Å². The third-order valence-corrected chi connectivity index (χ3v) is 13.2. The Morgan fingerprint density at radius 1 is 0.255 bits per heavy atom. The van der Waals surface area contributed by atoms with Crippen molar-refractivity contribution < 1.29 is 0 Å². The highest BCUT2D eigenvalue weighted by Crippen LogP contribution is 2.41. The molecule has 258 valence electrons. The van der Waals surface area contributed by atoms with Crippen LogP contribution >= 0.6 is 22.7 Å². The Labute approximate surface area is 327 Å². The quantitative estimate of drug-likeness (QED) is 0.164. The Hall–Kier alpha value is -6.52. The molecule has 9 aromatic carbocycles. The number of fused-ring (bicyclic) bond motifs is 7. The SMILES string of the molecule is c1cc(-c2ccc3ccccc3c2)cc(N(c2ccc(-c3ccc4sc5ccccc5c4c3)cc2)c2ccc(-c3ccc4sc5ccccc5c4c3)cc2)c1. The fourth-order valence-electron chi connectivity index (χ4n) is 8.06. The fraction of sp³-hybridized carbons (Fsp3) is 0. The molecule has 0 aliphatic rings. The first-order valence-corrected chi connectivity index (χ1v) is 20.3. The second kappa shape index (κ2) is 13.1. The number of hydrogen-bond acceptors (Lipinski definition) is 3. The van der Waals surface area contributed by atoms with Crippen LogP contribution in [0.15, 0.2) is 200 Å². The lowest BCUT2D eigenvalue weighted by molar-refractivity contribution is 1.28. The molecule has 0 bridgehead atoms. The Balaban J connectivity index is 0.994. The normalized spacial score (nSPS) is 11.6. The molecule has 0 fully saturated rings. The molecular formula is C52H33NS2. The molecule has 11 aromatic rings. The zero-order valence-electron chi connectivity index (χ0n) is 29.8. The Bertz CT molecular complexity index is 3050. The van der Waals surface area contributed by atoms with Crippen LogP contribution in [0.4, 0.5) is 17.1 Å². The van der Waals surface area contributed by atoms with Crippen LogP contribution in [0.3, 0.4) is 0 Å². The van der Waals surface area contributed by atoms with Crippen LogP contribution in [0.1, 0.15) is 0 Å². The molecule has 11 rings (SSSR count). The second-order valence-corrected chi connectivity index (χ2v) is 16.3. The number of rotatable bonds is 6. The summed E-state index contributed by atoms with van der Waals surface area (Å²) in [6.07, 6.45) is 0. The third kappa shape index (κ3) is 5.68. The van der Waals surface area contributed by atoms with Gasteiger partial charge in [0.05, 0.1) is 0 Å². The highest BCUT2D eigenvalue weighted by Gasteiger charge is 2.16. The van der Waals surface area contributed by atoms with Gasteiger partial charge >= 0.3 is 0 Å². The van der Waals surface area contributed by atoms with Crippen LogP contribution in [0.25, 0.3) is 84.5 Å². The van der Waals surface area contributed by atoms with Crippen molar-refractivity contribution in [2.75, 3.05) is 4.90 Å². The van der Waals surface area contributed by atoms with Crippen LogP contribution < -0.4 is 4.90 Å².